The van der Waals surface area contributed by atoms with Crippen LogP contribution in [0.25, 0.3) is 0 Å². The van der Waals surface area contributed by atoms with Crippen LogP contribution in [0.5, 0.6) is 11.5 Å². The molecule has 0 aromatic heterocycles. The van der Waals surface area contributed by atoms with E-state index in [1.54, 1.807) is 12.1 Å². The number of nitrogens with zero attached hydrogens (tertiary/aromatic N) is 1. The van der Waals surface area contributed by atoms with Crippen molar-refractivity contribution in [1.29, 1.82) is 0 Å². The molecule has 0 radical (unpaired) electrons. The molecule has 5 heteroatoms. The fourth-order valence-corrected chi connectivity index (χ4v) is 3.46. The first kappa shape index (κ1) is 18.3. The van der Waals surface area contributed by atoms with Crippen molar-refractivity contribution >= 4 is 5.91 Å². The van der Waals surface area contributed by atoms with Crippen molar-refractivity contribution in [3.05, 3.63) is 59.7 Å². The minimum absolute atomic E-state index is 0.00742. The van der Waals surface area contributed by atoms with Gasteiger partial charge in [0.15, 0.2) is 11.5 Å². The van der Waals surface area contributed by atoms with Crippen molar-refractivity contribution < 1.29 is 19.4 Å². The van der Waals surface area contributed by atoms with E-state index in [1.807, 2.05) is 41.3 Å². The Kier molecular flexibility index (Phi) is 5.78. The second kappa shape index (κ2) is 8.23. The molecule has 5 nitrogen and oxygen atoms in total. The Bertz CT molecular complexity index is 747. The van der Waals surface area contributed by atoms with Gasteiger partial charge in [-0.3, -0.25) is 4.79 Å². The average molecular weight is 355 g/mol. The van der Waals surface area contributed by atoms with Crippen molar-refractivity contribution in [2.24, 2.45) is 5.92 Å². The number of phenolic OH excluding ortho intramolecular Hbond substituents is 1. The zero-order chi connectivity index (χ0) is 18.5. The molecule has 1 amide bonds. The van der Waals surface area contributed by atoms with E-state index >= 15 is 0 Å². The molecule has 1 saturated heterocycles. The molecule has 0 saturated carbocycles. The van der Waals surface area contributed by atoms with Gasteiger partial charge in [0.2, 0.25) is 5.91 Å². The molecule has 138 valence electrons. The predicted molar refractivity (Wildman–Crippen MR) is 99.2 cm³/mol. The summed E-state index contributed by atoms with van der Waals surface area (Å²) < 4.78 is 10.7. The van der Waals surface area contributed by atoms with Gasteiger partial charge >= 0.3 is 0 Å². The van der Waals surface area contributed by atoms with Crippen LogP contribution in [0.4, 0.5) is 0 Å². The number of hydrogen-bond donors (Lipinski definition) is 1. The standard InChI is InChI=1S/C21H25NO4/c1-15-11-22(21(24)14-26-13-16-6-4-3-5-7-16)12-18(15)17-8-9-20(25-2)19(23)10-17/h3-10,15,18,23H,11-14H2,1-2H3. The Hall–Kier alpha value is -2.53. The lowest BCUT2D eigenvalue weighted by Gasteiger charge is -2.17. The van der Waals surface area contributed by atoms with Crippen LogP contribution in [0.3, 0.4) is 0 Å². The number of ether oxygens (including phenoxy) is 2. The first-order valence-corrected chi connectivity index (χ1v) is 8.85. The van der Waals surface area contributed by atoms with Crippen LogP contribution < -0.4 is 4.74 Å². The number of carbonyl (C=O) groups is 1. The van der Waals surface area contributed by atoms with Gasteiger partial charge in [-0.25, -0.2) is 0 Å². The number of rotatable bonds is 6. The van der Waals surface area contributed by atoms with Crippen molar-refractivity contribution in [2.45, 2.75) is 19.4 Å². The van der Waals surface area contributed by atoms with Crippen LogP contribution in [0, 0.1) is 5.92 Å². The summed E-state index contributed by atoms with van der Waals surface area (Å²) in [6, 6.07) is 15.3. The molecule has 2 aromatic carbocycles. The normalized spacial score (nSPS) is 19.5. The molecule has 2 unspecified atom stereocenters. The number of benzene rings is 2. The number of methoxy groups -OCH3 is 1. The van der Waals surface area contributed by atoms with Gasteiger partial charge in [0.1, 0.15) is 6.61 Å². The highest BCUT2D eigenvalue weighted by atomic mass is 16.5. The Morgan fingerprint density at radius 3 is 2.65 bits per heavy atom. The smallest absolute Gasteiger partial charge is 0.248 e. The third-order valence-corrected chi connectivity index (χ3v) is 4.93. The molecule has 1 heterocycles. The molecule has 0 bridgehead atoms. The molecule has 1 aliphatic heterocycles. The van der Waals surface area contributed by atoms with E-state index in [2.05, 4.69) is 6.92 Å². The van der Waals surface area contributed by atoms with Crippen LogP contribution in [-0.4, -0.2) is 42.7 Å². The number of carbonyl (C=O) groups excluding carboxylic acids is 1. The molecule has 2 aromatic rings. The first-order valence-electron chi connectivity index (χ1n) is 8.85. The van der Waals surface area contributed by atoms with Crippen LogP contribution in [0.15, 0.2) is 48.5 Å². The monoisotopic (exact) mass is 355 g/mol. The van der Waals surface area contributed by atoms with E-state index < -0.39 is 0 Å². The van der Waals surface area contributed by atoms with Crippen molar-refractivity contribution in [3.8, 4) is 11.5 Å². The third-order valence-electron chi connectivity index (χ3n) is 4.93. The van der Waals surface area contributed by atoms with E-state index in [-0.39, 0.29) is 24.2 Å². The molecule has 1 aliphatic rings. The van der Waals surface area contributed by atoms with Crippen molar-refractivity contribution in [2.75, 3.05) is 26.8 Å². The number of amides is 1. The topological polar surface area (TPSA) is 59.0 Å². The average Bonchev–Trinajstić information content (AvgIpc) is 3.04. The van der Waals surface area contributed by atoms with Crippen LogP contribution >= 0.6 is 0 Å². The number of aromatic hydroxyl groups is 1. The Balaban J connectivity index is 1.56. The lowest BCUT2D eigenvalue weighted by Crippen LogP contribution is -2.32. The van der Waals surface area contributed by atoms with Crippen molar-refractivity contribution in [1.82, 2.24) is 4.90 Å². The van der Waals surface area contributed by atoms with Gasteiger partial charge in [-0.1, -0.05) is 43.3 Å². The molecule has 1 fully saturated rings. The van der Waals surface area contributed by atoms with Gasteiger partial charge in [0.25, 0.3) is 0 Å². The van der Waals surface area contributed by atoms with Gasteiger partial charge in [-0.15, -0.1) is 0 Å². The second-order valence-corrected chi connectivity index (χ2v) is 6.79. The number of phenols is 1. The summed E-state index contributed by atoms with van der Waals surface area (Å²) in [7, 11) is 1.53. The molecule has 26 heavy (non-hydrogen) atoms. The minimum atomic E-state index is 0.00742. The largest absolute Gasteiger partial charge is 0.504 e. The van der Waals surface area contributed by atoms with Gasteiger partial charge in [-0.2, -0.15) is 0 Å². The maximum absolute atomic E-state index is 12.5. The number of likely N-dealkylation sites (tertiary alicyclic amines) is 1. The highest BCUT2D eigenvalue weighted by Gasteiger charge is 2.33. The first-order chi connectivity index (χ1) is 12.6. The summed E-state index contributed by atoms with van der Waals surface area (Å²) in [6.45, 7) is 3.99. The van der Waals surface area contributed by atoms with Crippen LogP contribution in [-0.2, 0) is 16.1 Å². The highest BCUT2D eigenvalue weighted by molar-refractivity contribution is 5.78. The maximum Gasteiger partial charge on any atom is 0.248 e. The minimum Gasteiger partial charge on any atom is -0.504 e. The fraction of sp³-hybridized carbons (Fsp3) is 0.381. The SMILES string of the molecule is COc1ccc(C2CN(C(=O)COCc3ccccc3)CC2C)cc1O. The van der Waals surface area contributed by atoms with Gasteiger partial charge in [-0.05, 0) is 29.2 Å². The lowest BCUT2D eigenvalue weighted by atomic mass is 9.90. The Morgan fingerprint density at radius 1 is 1.19 bits per heavy atom. The predicted octanol–water partition coefficient (Wildman–Crippen LogP) is 3.18. The summed E-state index contributed by atoms with van der Waals surface area (Å²) in [4.78, 5) is 14.3. The molecule has 1 N–H and O–H groups in total. The summed E-state index contributed by atoms with van der Waals surface area (Å²) in [5, 5.41) is 10.0. The van der Waals surface area contributed by atoms with E-state index in [9.17, 15) is 9.90 Å². The molecular formula is C21H25NO4. The second-order valence-electron chi connectivity index (χ2n) is 6.79. The van der Waals surface area contributed by atoms with Gasteiger partial charge < -0.3 is 19.5 Å². The molecule has 2 atom stereocenters. The lowest BCUT2D eigenvalue weighted by molar-refractivity contribution is -0.135. The van der Waals surface area contributed by atoms with Crippen molar-refractivity contribution in [3.63, 3.8) is 0 Å². The number of hydrogen-bond acceptors (Lipinski definition) is 4. The van der Waals surface area contributed by atoms with E-state index in [4.69, 9.17) is 9.47 Å². The fourth-order valence-electron chi connectivity index (χ4n) is 3.46. The summed E-state index contributed by atoms with van der Waals surface area (Å²) in [5.74, 6) is 1.12. The zero-order valence-corrected chi connectivity index (χ0v) is 15.2. The van der Waals surface area contributed by atoms with Gasteiger partial charge in [0.05, 0.1) is 13.7 Å². The van der Waals surface area contributed by atoms with E-state index in [1.165, 1.54) is 7.11 Å². The molecule has 0 spiro atoms. The van der Waals surface area contributed by atoms with Crippen LogP contribution in [0.1, 0.15) is 24.0 Å². The summed E-state index contributed by atoms with van der Waals surface area (Å²) >= 11 is 0. The Morgan fingerprint density at radius 2 is 1.96 bits per heavy atom. The molecule has 3 rings (SSSR count). The Labute approximate surface area is 154 Å². The van der Waals surface area contributed by atoms with E-state index in [0.29, 0.717) is 31.4 Å². The molecule has 0 aliphatic carbocycles. The van der Waals surface area contributed by atoms with Gasteiger partial charge in [0, 0.05) is 19.0 Å². The molecular weight excluding hydrogens is 330 g/mol. The third kappa shape index (κ3) is 4.17. The summed E-state index contributed by atoms with van der Waals surface area (Å²) in [5.41, 5.74) is 2.08. The van der Waals surface area contributed by atoms with Crippen LogP contribution in [0.2, 0.25) is 0 Å². The maximum atomic E-state index is 12.5. The quantitative estimate of drug-likeness (QED) is 0.865. The van der Waals surface area contributed by atoms with E-state index in [0.717, 1.165) is 11.1 Å². The zero-order valence-electron chi connectivity index (χ0n) is 15.2. The summed E-state index contributed by atoms with van der Waals surface area (Å²) in [6.07, 6.45) is 0. The highest BCUT2D eigenvalue weighted by Crippen LogP contribution is 2.36.